The molecule has 1 aliphatic carbocycles. The van der Waals surface area contributed by atoms with Crippen molar-refractivity contribution in [3.05, 3.63) is 59.7 Å². The molecule has 2 rings (SSSR count). The van der Waals surface area contributed by atoms with Gasteiger partial charge in [0.05, 0.1) is 10.8 Å². The Kier molecular flexibility index (Phi) is 3.21. The Labute approximate surface area is 107 Å². The number of carbonyl (C=O) groups is 1. The van der Waals surface area contributed by atoms with Crippen molar-refractivity contribution in [1.29, 1.82) is 0 Å². The number of rotatable bonds is 2. The Balaban J connectivity index is 2.42. The number of carbonyl (C=O) groups excluding carboxylic acids is 1. The molecule has 0 fully saturated rings. The molecule has 0 heterocycles. The summed E-state index contributed by atoms with van der Waals surface area (Å²) in [6.45, 7) is 3.83. The molecular weight excluding hydrogens is 232 g/mol. The molecule has 1 aromatic rings. The summed E-state index contributed by atoms with van der Waals surface area (Å²) in [5.74, 6) is 0.0798. The molecule has 2 atom stereocenters. The van der Waals surface area contributed by atoms with Gasteiger partial charge in [0.2, 0.25) is 0 Å². The molecule has 1 nitrogen and oxygen atoms in total. The summed E-state index contributed by atoms with van der Waals surface area (Å²) in [7, 11) is 0. The number of halogens is 1. The summed E-state index contributed by atoms with van der Waals surface area (Å²) >= 11 is 6.26. The van der Waals surface area contributed by atoms with E-state index in [1.54, 1.807) is 0 Å². The molecule has 1 aromatic carbocycles. The molecule has 0 N–H and O–H groups in total. The molecule has 0 amide bonds. The third-order valence-corrected chi connectivity index (χ3v) is 3.88. The van der Waals surface area contributed by atoms with Gasteiger partial charge in [0.15, 0.2) is 5.78 Å². The minimum atomic E-state index is -0.650. The molecule has 0 saturated heterocycles. The first-order valence-corrected chi connectivity index (χ1v) is 6.10. The van der Waals surface area contributed by atoms with Gasteiger partial charge in [-0.2, -0.15) is 0 Å². The Morgan fingerprint density at radius 2 is 2.00 bits per heavy atom. The lowest BCUT2D eigenvalue weighted by Gasteiger charge is -2.30. The molecule has 0 spiro atoms. The first kappa shape index (κ1) is 12.1. The predicted molar refractivity (Wildman–Crippen MR) is 71.5 cm³/mol. The van der Waals surface area contributed by atoms with E-state index >= 15 is 0 Å². The standard InChI is InChI=1S/C15H15ClO/c1-11-7-3-4-8-12(11)14(17)15(2)10-6-5-9-13(15)16/h3-10,13H,1-2H3. The maximum Gasteiger partial charge on any atom is 0.174 e. The van der Waals surface area contributed by atoms with Gasteiger partial charge in [-0.1, -0.05) is 48.6 Å². The van der Waals surface area contributed by atoms with Gasteiger partial charge in [-0.15, -0.1) is 11.6 Å². The average molecular weight is 247 g/mol. The van der Waals surface area contributed by atoms with E-state index in [0.29, 0.717) is 0 Å². The van der Waals surface area contributed by atoms with Crippen LogP contribution in [0.4, 0.5) is 0 Å². The van der Waals surface area contributed by atoms with Crippen molar-refractivity contribution >= 4 is 17.4 Å². The van der Waals surface area contributed by atoms with Crippen molar-refractivity contribution in [2.75, 3.05) is 0 Å². The molecule has 1 aliphatic rings. The van der Waals surface area contributed by atoms with Gasteiger partial charge in [0.1, 0.15) is 0 Å². The van der Waals surface area contributed by atoms with Gasteiger partial charge in [0.25, 0.3) is 0 Å². The zero-order valence-electron chi connectivity index (χ0n) is 9.98. The van der Waals surface area contributed by atoms with Crippen LogP contribution < -0.4 is 0 Å². The fourth-order valence-corrected chi connectivity index (χ4v) is 2.28. The van der Waals surface area contributed by atoms with Gasteiger partial charge in [0, 0.05) is 5.56 Å². The SMILES string of the molecule is Cc1ccccc1C(=O)C1(C)C=CC=CC1Cl. The van der Waals surface area contributed by atoms with Crippen LogP contribution >= 0.6 is 11.6 Å². The van der Waals surface area contributed by atoms with Crippen molar-refractivity contribution in [1.82, 2.24) is 0 Å². The highest BCUT2D eigenvalue weighted by Crippen LogP contribution is 2.35. The second-order valence-corrected chi connectivity index (χ2v) is 5.04. The molecular formula is C15H15ClO. The lowest BCUT2D eigenvalue weighted by molar-refractivity contribution is 0.0873. The molecule has 0 aromatic heterocycles. The van der Waals surface area contributed by atoms with Crippen LogP contribution in [0.5, 0.6) is 0 Å². The number of allylic oxidation sites excluding steroid dienone is 4. The Hall–Kier alpha value is -1.34. The summed E-state index contributed by atoms with van der Waals surface area (Å²) in [6, 6.07) is 7.62. The number of hydrogen-bond donors (Lipinski definition) is 0. The summed E-state index contributed by atoms with van der Waals surface area (Å²) in [6.07, 6.45) is 7.51. The minimum absolute atomic E-state index is 0.0798. The van der Waals surface area contributed by atoms with E-state index in [9.17, 15) is 4.79 Å². The Morgan fingerprint density at radius 3 is 2.65 bits per heavy atom. The van der Waals surface area contributed by atoms with Crippen LogP contribution in [-0.2, 0) is 0 Å². The third-order valence-electron chi connectivity index (χ3n) is 3.29. The molecule has 88 valence electrons. The number of benzene rings is 1. The van der Waals surface area contributed by atoms with Crippen molar-refractivity contribution in [3.63, 3.8) is 0 Å². The van der Waals surface area contributed by atoms with E-state index in [1.807, 2.05) is 62.4 Å². The number of ketones is 1. The van der Waals surface area contributed by atoms with Crippen LogP contribution in [0.1, 0.15) is 22.8 Å². The third kappa shape index (κ3) is 2.07. The average Bonchev–Trinajstić information content (AvgIpc) is 2.33. The fourth-order valence-electron chi connectivity index (χ4n) is 2.03. The molecule has 0 aliphatic heterocycles. The summed E-state index contributed by atoms with van der Waals surface area (Å²) in [5.41, 5.74) is 1.09. The van der Waals surface area contributed by atoms with E-state index in [-0.39, 0.29) is 11.2 Å². The maximum absolute atomic E-state index is 12.6. The van der Waals surface area contributed by atoms with Crippen molar-refractivity contribution in [2.45, 2.75) is 19.2 Å². The van der Waals surface area contributed by atoms with Crippen LogP contribution in [0.25, 0.3) is 0 Å². The molecule has 0 saturated carbocycles. The second-order valence-electron chi connectivity index (χ2n) is 4.57. The molecule has 0 radical (unpaired) electrons. The number of Topliss-reactive ketones (excluding diaryl/α,β-unsaturated/α-hetero) is 1. The highest BCUT2D eigenvalue weighted by Gasteiger charge is 2.38. The highest BCUT2D eigenvalue weighted by atomic mass is 35.5. The smallest absolute Gasteiger partial charge is 0.174 e. The van der Waals surface area contributed by atoms with Gasteiger partial charge in [-0.25, -0.2) is 0 Å². The number of hydrogen-bond acceptors (Lipinski definition) is 1. The topological polar surface area (TPSA) is 17.1 Å². The van der Waals surface area contributed by atoms with E-state index in [4.69, 9.17) is 11.6 Å². The maximum atomic E-state index is 12.6. The summed E-state index contributed by atoms with van der Waals surface area (Å²) < 4.78 is 0. The van der Waals surface area contributed by atoms with Crippen molar-refractivity contribution in [2.24, 2.45) is 5.41 Å². The fraction of sp³-hybridized carbons (Fsp3) is 0.267. The first-order chi connectivity index (χ1) is 8.05. The van der Waals surface area contributed by atoms with Crippen molar-refractivity contribution in [3.8, 4) is 0 Å². The van der Waals surface area contributed by atoms with Gasteiger partial charge in [-0.3, -0.25) is 4.79 Å². The van der Waals surface area contributed by atoms with Crippen LogP contribution in [0.15, 0.2) is 48.6 Å². The molecule has 0 bridgehead atoms. The van der Waals surface area contributed by atoms with Crippen LogP contribution in [0, 0.1) is 12.3 Å². The monoisotopic (exact) mass is 246 g/mol. The normalized spacial score (nSPS) is 27.1. The number of alkyl halides is 1. The first-order valence-electron chi connectivity index (χ1n) is 5.66. The van der Waals surface area contributed by atoms with Crippen LogP contribution in [-0.4, -0.2) is 11.2 Å². The quantitative estimate of drug-likeness (QED) is 0.571. The van der Waals surface area contributed by atoms with Crippen LogP contribution in [0.3, 0.4) is 0 Å². The van der Waals surface area contributed by atoms with Crippen LogP contribution in [0.2, 0.25) is 0 Å². The highest BCUT2D eigenvalue weighted by molar-refractivity contribution is 6.25. The molecule has 2 heteroatoms. The van der Waals surface area contributed by atoms with E-state index in [1.165, 1.54) is 0 Å². The Morgan fingerprint density at radius 1 is 1.29 bits per heavy atom. The van der Waals surface area contributed by atoms with Gasteiger partial charge in [-0.05, 0) is 19.4 Å². The lowest BCUT2D eigenvalue weighted by atomic mass is 9.76. The zero-order chi connectivity index (χ0) is 12.5. The zero-order valence-corrected chi connectivity index (χ0v) is 10.7. The lowest BCUT2D eigenvalue weighted by Crippen LogP contribution is -2.35. The predicted octanol–water partition coefficient (Wildman–Crippen LogP) is 3.92. The van der Waals surface area contributed by atoms with Gasteiger partial charge >= 0.3 is 0 Å². The molecule has 2 unspecified atom stereocenters. The Bertz CT molecular complexity index is 501. The second kappa shape index (κ2) is 4.50. The minimum Gasteiger partial charge on any atom is -0.293 e. The van der Waals surface area contributed by atoms with E-state index in [2.05, 4.69) is 0 Å². The largest absolute Gasteiger partial charge is 0.293 e. The summed E-state index contributed by atoms with van der Waals surface area (Å²) in [4.78, 5) is 12.6. The van der Waals surface area contributed by atoms with E-state index < -0.39 is 5.41 Å². The van der Waals surface area contributed by atoms with Gasteiger partial charge < -0.3 is 0 Å². The number of aryl methyl sites for hydroxylation is 1. The molecule has 17 heavy (non-hydrogen) atoms. The van der Waals surface area contributed by atoms with Crippen molar-refractivity contribution < 1.29 is 4.79 Å². The van der Waals surface area contributed by atoms with E-state index in [0.717, 1.165) is 11.1 Å². The summed E-state index contributed by atoms with van der Waals surface area (Å²) in [5, 5.41) is -0.292.